The van der Waals surface area contributed by atoms with E-state index in [0.717, 1.165) is 35.2 Å². The van der Waals surface area contributed by atoms with Crippen molar-refractivity contribution in [1.82, 2.24) is 5.48 Å². The van der Waals surface area contributed by atoms with Gasteiger partial charge >= 0.3 is 0 Å². The molecule has 1 unspecified atom stereocenters. The minimum atomic E-state index is 0.174. The van der Waals surface area contributed by atoms with E-state index in [1.54, 1.807) is 7.11 Å². The van der Waals surface area contributed by atoms with Gasteiger partial charge in [0.25, 0.3) is 0 Å². The Labute approximate surface area is 116 Å². The standard InChI is InChI=1S/C13H18BrNO3/c1-16-7-8-18-15-12-3-2-6-17-13-9-10(14)4-5-11(12)13/h4-5,9,12,15H,2-3,6-8H2,1H3. The fourth-order valence-electron chi connectivity index (χ4n) is 1.95. The van der Waals surface area contributed by atoms with Crippen molar-refractivity contribution in [2.24, 2.45) is 0 Å². The van der Waals surface area contributed by atoms with E-state index < -0.39 is 0 Å². The van der Waals surface area contributed by atoms with Crippen LogP contribution in [0.5, 0.6) is 5.75 Å². The van der Waals surface area contributed by atoms with Crippen LogP contribution in [0, 0.1) is 0 Å². The summed E-state index contributed by atoms with van der Waals surface area (Å²) in [6, 6.07) is 6.27. The van der Waals surface area contributed by atoms with Gasteiger partial charge in [-0.05, 0) is 25.0 Å². The van der Waals surface area contributed by atoms with Gasteiger partial charge in [0.15, 0.2) is 0 Å². The molecule has 2 rings (SSSR count). The smallest absolute Gasteiger partial charge is 0.125 e. The second-order valence-electron chi connectivity index (χ2n) is 4.18. The molecule has 1 N–H and O–H groups in total. The first-order chi connectivity index (χ1) is 8.81. The summed E-state index contributed by atoms with van der Waals surface area (Å²) in [7, 11) is 1.66. The van der Waals surface area contributed by atoms with Crippen LogP contribution in [0.15, 0.2) is 22.7 Å². The monoisotopic (exact) mass is 315 g/mol. The molecule has 0 saturated heterocycles. The van der Waals surface area contributed by atoms with Gasteiger partial charge in [-0.1, -0.05) is 22.0 Å². The normalized spacial score (nSPS) is 18.9. The molecule has 5 heteroatoms. The van der Waals surface area contributed by atoms with Gasteiger partial charge in [-0.25, -0.2) is 0 Å². The minimum absolute atomic E-state index is 0.174. The summed E-state index contributed by atoms with van der Waals surface area (Å²) in [4.78, 5) is 5.41. The molecule has 100 valence electrons. The number of hydroxylamine groups is 1. The summed E-state index contributed by atoms with van der Waals surface area (Å²) >= 11 is 3.46. The number of hydrogen-bond acceptors (Lipinski definition) is 4. The molecule has 0 saturated carbocycles. The lowest BCUT2D eigenvalue weighted by atomic mass is 10.0. The third-order valence-electron chi connectivity index (χ3n) is 2.86. The third-order valence-corrected chi connectivity index (χ3v) is 3.35. The second-order valence-corrected chi connectivity index (χ2v) is 5.10. The molecule has 1 aliphatic rings. The van der Waals surface area contributed by atoms with Gasteiger partial charge in [-0.15, -0.1) is 0 Å². The topological polar surface area (TPSA) is 39.7 Å². The molecule has 1 aromatic carbocycles. The molecule has 4 nitrogen and oxygen atoms in total. The van der Waals surface area contributed by atoms with Crippen molar-refractivity contribution in [3.63, 3.8) is 0 Å². The van der Waals surface area contributed by atoms with E-state index in [2.05, 4.69) is 27.5 Å². The maximum Gasteiger partial charge on any atom is 0.125 e. The van der Waals surface area contributed by atoms with E-state index in [1.807, 2.05) is 12.1 Å². The highest BCUT2D eigenvalue weighted by molar-refractivity contribution is 9.10. The molecule has 1 aromatic rings. The third kappa shape index (κ3) is 3.68. The summed E-state index contributed by atoms with van der Waals surface area (Å²) in [5.41, 5.74) is 4.24. The highest BCUT2D eigenvalue weighted by Gasteiger charge is 2.19. The van der Waals surface area contributed by atoms with E-state index in [0.29, 0.717) is 13.2 Å². The van der Waals surface area contributed by atoms with Gasteiger partial charge in [0, 0.05) is 17.1 Å². The molecule has 0 spiro atoms. The van der Waals surface area contributed by atoms with Crippen LogP contribution < -0.4 is 10.2 Å². The lowest BCUT2D eigenvalue weighted by Crippen LogP contribution is -2.23. The van der Waals surface area contributed by atoms with Crippen LogP contribution in [-0.4, -0.2) is 26.9 Å². The number of nitrogens with one attached hydrogen (secondary N) is 1. The Hall–Kier alpha value is -0.620. The van der Waals surface area contributed by atoms with E-state index >= 15 is 0 Å². The Balaban J connectivity index is 2.02. The number of fused-ring (bicyclic) bond motifs is 1. The molecule has 0 bridgehead atoms. The predicted octanol–water partition coefficient (Wildman–Crippen LogP) is 2.83. The van der Waals surface area contributed by atoms with Crippen LogP contribution >= 0.6 is 15.9 Å². The van der Waals surface area contributed by atoms with Gasteiger partial charge in [0.2, 0.25) is 0 Å². The van der Waals surface area contributed by atoms with Gasteiger partial charge in [0.05, 0.1) is 25.9 Å². The van der Waals surface area contributed by atoms with E-state index in [9.17, 15) is 0 Å². The maximum absolute atomic E-state index is 5.74. The zero-order chi connectivity index (χ0) is 12.8. The Morgan fingerprint density at radius 1 is 1.44 bits per heavy atom. The summed E-state index contributed by atoms with van der Waals surface area (Å²) in [6.07, 6.45) is 2.01. The van der Waals surface area contributed by atoms with E-state index in [-0.39, 0.29) is 6.04 Å². The molecule has 1 atom stereocenters. The summed E-state index contributed by atoms with van der Waals surface area (Å²) in [5.74, 6) is 0.926. The molecule has 0 aliphatic carbocycles. The van der Waals surface area contributed by atoms with Crippen LogP contribution in [-0.2, 0) is 9.57 Å². The molecule has 0 radical (unpaired) electrons. The number of rotatable bonds is 5. The number of hydrogen-bond donors (Lipinski definition) is 1. The molecule has 1 heterocycles. The lowest BCUT2D eigenvalue weighted by molar-refractivity contribution is -0.0138. The summed E-state index contributed by atoms with van der Waals surface area (Å²) < 4.78 is 11.7. The molecular weight excluding hydrogens is 298 g/mol. The van der Waals surface area contributed by atoms with Crippen molar-refractivity contribution in [3.05, 3.63) is 28.2 Å². The van der Waals surface area contributed by atoms with Crippen LogP contribution in [0.25, 0.3) is 0 Å². The first kappa shape index (κ1) is 13.8. The van der Waals surface area contributed by atoms with Crippen molar-refractivity contribution in [1.29, 1.82) is 0 Å². The van der Waals surface area contributed by atoms with E-state index in [1.165, 1.54) is 0 Å². The molecule has 0 aromatic heterocycles. The molecule has 1 aliphatic heterocycles. The van der Waals surface area contributed by atoms with Crippen LogP contribution in [0.3, 0.4) is 0 Å². The maximum atomic E-state index is 5.74. The van der Waals surface area contributed by atoms with Crippen molar-refractivity contribution in [2.75, 3.05) is 26.9 Å². The average molecular weight is 316 g/mol. The fourth-order valence-corrected chi connectivity index (χ4v) is 2.29. The molecule has 0 amide bonds. The van der Waals surface area contributed by atoms with Crippen molar-refractivity contribution < 1.29 is 14.3 Å². The van der Waals surface area contributed by atoms with Gasteiger partial charge in [-0.2, -0.15) is 5.48 Å². The highest BCUT2D eigenvalue weighted by Crippen LogP contribution is 2.33. The SMILES string of the molecule is COCCONC1CCCOc2cc(Br)ccc21. The first-order valence-electron chi connectivity index (χ1n) is 6.10. The fraction of sp³-hybridized carbons (Fsp3) is 0.538. The quantitative estimate of drug-likeness (QED) is 0.670. The van der Waals surface area contributed by atoms with Gasteiger partial charge in [-0.3, -0.25) is 4.84 Å². The number of methoxy groups -OCH3 is 1. The average Bonchev–Trinajstić information content (AvgIpc) is 2.56. The summed E-state index contributed by atoms with van der Waals surface area (Å²) in [6.45, 7) is 1.88. The van der Waals surface area contributed by atoms with Crippen LogP contribution in [0.2, 0.25) is 0 Å². The second kappa shape index (κ2) is 7.09. The zero-order valence-electron chi connectivity index (χ0n) is 10.4. The first-order valence-corrected chi connectivity index (χ1v) is 6.89. The van der Waals surface area contributed by atoms with Crippen LogP contribution in [0.4, 0.5) is 0 Å². The Kier molecular flexibility index (Phi) is 5.44. The number of halogens is 1. The largest absolute Gasteiger partial charge is 0.493 e. The predicted molar refractivity (Wildman–Crippen MR) is 72.6 cm³/mol. The lowest BCUT2D eigenvalue weighted by Gasteiger charge is -2.18. The molecule has 0 fully saturated rings. The number of benzene rings is 1. The van der Waals surface area contributed by atoms with Crippen molar-refractivity contribution in [2.45, 2.75) is 18.9 Å². The molecule has 18 heavy (non-hydrogen) atoms. The van der Waals surface area contributed by atoms with Crippen LogP contribution in [0.1, 0.15) is 24.4 Å². The van der Waals surface area contributed by atoms with Crippen molar-refractivity contribution >= 4 is 15.9 Å². The van der Waals surface area contributed by atoms with E-state index in [4.69, 9.17) is 14.3 Å². The summed E-state index contributed by atoms with van der Waals surface area (Å²) in [5, 5.41) is 0. The Morgan fingerprint density at radius 2 is 2.33 bits per heavy atom. The Bertz CT molecular complexity index is 386. The van der Waals surface area contributed by atoms with Crippen molar-refractivity contribution in [3.8, 4) is 5.75 Å². The highest BCUT2D eigenvalue weighted by atomic mass is 79.9. The van der Waals surface area contributed by atoms with Gasteiger partial charge < -0.3 is 9.47 Å². The Morgan fingerprint density at radius 3 is 3.17 bits per heavy atom. The molecular formula is C13H18BrNO3. The minimum Gasteiger partial charge on any atom is -0.493 e. The number of ether oxygens (including phenoxy) is 2. The van der Waals surface area contributed by atoms with Gasteiger partial charge in [0.1, 0.15) is 5.75 Å². The zero-order valence-corrected chi connectivity index (χ0v) is 12.0.